The summed E-state index contributed by atoms with van der Waals surface area (Å²) in [4.78, 5) is 18.0. The van der Waals surface area contributed by atoms with E-state index in [-0.39, 0.29) is 12.6 Å². The maximum atomic E-state index is 11.4. The van der Waals surface area contributed by atoms with Gasteiger partial charge in [-0.25, -0.2) is 4.98 Å². The summed E-state index contributed by atoms with van der Waals surface area (Å²) < 4.78 is 17.7. The lowest BCUT2D eigenvalue weighted by Crippen LogP contribution is -2.41. The number of ether oxygens (including phenoxy) is 1. The highest BCUT2D eigenvalue weighted by molar-refractivity contribution is 6.62. The maximum Gasteiger partial charge on any atom is 0.495 e. The number of rotatable bonds is 8. The van der Waals surface area contributed by atoms with Crippen LogP contribution in [0, 0.1) is 0 Å². The fourth-order valence-electron chi connectivity index (χ4n) is 2.70. The summed E-state index contributed by atoms with van der Waals surface area (Å²) >= 11 is 0. The van der Waals surface area contributed by atoms with Gasteiger partial charge in [0.05, 0.1) is 11.2 Å². The van der Waals surface area contributed by atoms with Gasteiger partial charge >= 0.3 is 13.1 Å². The Kier molecular flexibility index (Phi) is 6.89. The lowest BCUT2D eigenvalue weighted by atomic mass is 9.76. The predicted octanol–water partition coefficient (Wildman–Crippen LogP) is 1.81. The van der Waals surface area contributed by atoms with E-state index in [1.807, 2.05) is 33.8 Å². The van der Waals surface area contributed by atoms with Crippen LogP contribution in [0.5, 0.6) is 0 Å². The molecule has 0 radical (unpaired) electrons. The Morgan fingerprint density at radius 3 is 2.48 bits per heavy atom. The van der Waals surface area contributed by atoms with Crippen LogP contribution in [0.3, 0.4) is 0 Å². The van der Waals surface area contributed by atoms with Crippen LogP contribution in [-0.2, 0) is 25.4 Å². The van der Waals surface area contributed by atoms with Crippen molar-refractivity contribution in [1.82, 2.24) is 9.88 Å². The Morgan fingerprint density at radius 1 is 1.30 bits per heavy atom. The van der Waals surface area contributed by atoms with Crippen LogP contribution in [0.1, 0.15) is 47.1 Å². The Hall–Kier alpha value is -1.64. The number of nitrogens with zero attached hydrogens (tertiary/aromatic N) is 2. The average Bonchev–Trinajstić information content (AvgIpc) is 2.80. The second kappa shape index (κ2) is 8.58. The molecule has 0 saturated carbocycles. The molecule has 7 nitrogen and oxygen atoms in total. The van der Waals surface area contributed by atoms with Crippen LogP contribution in [0.2, 0.25) is 0 Å². The maximum absolute atomic E-state index is 11.4. The zero-order valence-corrected chi connectivity index (χ0v) is 17.6. The molecule has 0 amide bonds. The molecule has 0 aliphatic carbocycles. The van der Waals surface area contributed by atoms with E-state index in [2.05, 4.69) is 29.2 Å². The molecular formula is C19H32BN3O4. The molecule has 8 heteroatoms. The highest BCUT2D eigenvalue weighted by Gasteiger charge is 2.52. The zero-order valence-electron chi connectivity index (χ0n) is 17.6. The highest BCUT2D eigenvalue weighted by atomic mass is 16.7. The normalized spacial score (nSPS) is 18.0. The molecule has 1 aromatic rings. The minimum Gasteiger partial charge on any atom is -0.461 e. The molecule has 2 heterocycles. The van der Waals surface area contributed by atoms with Crippen molar-refractivity contribution in [2.45, 2.75) is 59.4 Å². The molecule has 150 valence electrons. The van der Waals surface area contributed by atoms with Crippen molar-refractivity contribution < 1.29 is 18.8 Å². The first kappa shape index (κ1) is 21.7. The van der Waals surface area contributed by atoms with Crippen LogP contribution in [-0.4, -0.2) is 60.9 Å². The zero-order chi connectivity index (χ0) is 20.2. The van der Waals surface area contributed by atoms with Gasteiger partial charge in [-0.2, -0.15) is 0 Å². The van der Waals surface area contributed by atoms with E-state index in [9.17, 15) is 4.79 Å². The summed E-state index contributed by atoms with van der Waals surface area (Å²) in [5, 5.41) is 3.35. The molecule has 0 aromatic carbocycles. The number of hydrogen-bond acceptors (Lipinski definition) is 7. The minimum absolute atomic E-state index is 0.120. The molecule has 0 bridgehead atoms. The van der Waals surface area contributed by atoms with Gasteiger partial charge in [0.15, 0.2) is 0 Å². The second-order valence-corrected chi connectivity index (χ2v) is 7.92. The summed E-state index contributed by atoms with van der Waals surface area (Å²) in [5.74, 6) is 0.350. The van der Waals surface area contributed by atoms with E-state index in [0.717, 1.165) is 30.7 Å². The third kappa shape index (κ3) is 5.21. The van der Waals surface area contributed by atoms with Crippen molar-refractivity contribution in [3.8, 4) is 0 Å². The monoisotopic (exact) mass is 377 g/mol. The number of esters is 1. The molecule has 1 saturated heterocycles. The van der Waals surface area contributed by atoms with Gasteiger partial charge in [0.25, 0.3) is 0 Å². The first-order chi connectivity index (χ1) is 12.6. The number of hydrogen-bond donors (Lipinski definition) is 1. The number of pyridine rings is 1. The van der Waals surface area contributed by atoms with Crippen LogP contribution in [0.15, 0.2) is 12.3 Å². The van der Waals surface area contributed by atoms with E-state index in [4.69, 9.17) is 14.0 Å². The van der Waals surface area contributed by atoms with E-state index in [1.165, 1.54) is 6.92 Å². The van der Waals surface area contributed by atoms with Gasteiger partial charge in [-0.05, 0) is 52.8 Å². The quantitative estimate of drug-likeness (QED) is 0.547. The first-order valence-corrected chi connectivity index (χ1v) is 9.46. The van der Waals surface area contributed by atoms with Crippen LogP contribution < -0.4 is 10.8 Å². The second-order valence-electron chi connectivity index (χ2n) is 7.92. The van der Waals surface area contributed by atoms with Gasteiger partial charge in [-0.15, -0.1) is 0 Å². The summed E-state index contributed by atoms with van der Waals surface area (Å²) in [5.41, 5.74) is 0.718. The molecule has 0 unspecified atom stereocenters. The van der Waals surface area contributed by atoms with E-state index < -0.39 is 18.3 Å². The molecular weight excluding hydrogens is 345 g/mol. The highest BCUT2D eigenvalue weighted by Crippen LogP contribution is 2.37. The Labute approximate surface area is 162 Å². The van der Waals surface area contributed by atoms with Crippen molar-refractivity contribution in [2.24, 2.45) is 0 Å². The molecule has 0 spiro atoms. The molecule has 27 heavy (non-hydrogen) atoms. The van der Waals surface area contributed by atoms with Crippen molar-refractivity contribution in [2.75, 3.05) is 32.0 Å². The summed E-state index contributed by atoms with van der Waals surface area (Å²) in [6.45, 7) is 14.3. The van der Waals surface area contributed by atoms with Crippen LogP contribution >= 0.6 is 0 Å². The van der Waals surface area contributed by atoms with Gasteiger partial charge in [0, 0.05) is 31.8 Å². The molecule has 1 aliphatic heterocycles. The van der Waals surface area contributed by atoms with E-state index >= 15 is 0 Å². The third-order valence-electron chi connectivity index (χ3n) is 5.34. The fraction of sp³-hybridized carbons (Fsp3) is 0.684. The van der Waals surface area contributed by atoms with E-state index in [1.54, 1.807) is 6.20 Å². The molecule has 1 aliphatic rings. The SMILES string of the molecule is CCN(C)CCNc1nccc(B2OC(C)(C)C(C)(C)O2)c1COC(C)=O. The number of nitrogens with one attached hydrogen (secondary N) is 1. The number of likely N-dealkylation sites (N-methyl/N-ethyl adjacent to an activating group) is 1. The lowest BCUT2D eigenvalue weighted by Gasteiger charge is -2.32. The van der Waals surface area contributed by atoms with Crippen molar-refractivity contribution in [3.63, 3.8) is 0 Å². The van der Waals surface area contributed by atoms with Crippen LogP contribution in [0.25, 0.3) is 0 Å². The topological polar surface area (TPSA) is 72.9 Å². The van der Waals surface area contributed by atoms with Gasteiger partial charge < -0.3 is 24.3 Å². The van der Waals surface area contributed by atoms with Gasteiger partial charge in [-0.1, -0.05) is 6.92 Å². The molecule has 0 atom stereocenters. The smallest absolute Gasteiger partial charge is 0.461 e. The van der Waals surface area contributed by atoms with Crippen molar-refractivity contribution >= 4 is 24.4 Å². The standard InChI is InChI=1S/C19H32BN3O4/c1-8-23(7)12-11-22-17-15(13-25-14(2)24)16(9-10-21-17)20-26-18(3,4)19(5,6)27-20/h9-10H,8,11-13H2,1-7H3,(H,21,22). The third-order valence-corrected chi connectivity index (χ3v) is 5.34. The van der Waals surface area contributed by atoms with E-state index in [0.29, 0.717) is 5.82 Å². The van der Waals surface area contributed by atoms with Crippen molar-refractivity contribution in [1.29, 1.82) is 0 Å². The molecule has 1 aromatic heterocycles. The fourth-order valence-corrected chi connectivity index (χ4v) is 2.70. The minimum atomic E-state index is -0.539. The predicted molar refractivity (Wildman–Crippen MR) is 107 cm³/mol. The summed E-state index contributed by atoms with van der Waals surface area (Å²) in [7, 11) is 1.53. The van der Waals surface area contributed by atoms with Gasteiger partial charge in [-0.3, -0.25) is 4.79 Å². The lowest BCUT2D eigenvalue weighted by molar-refractivity contribution is -0.142. The first-order valence-electron chi connectivity index (χ1n) is 9.46. The molecule has 2 rings (SSSR count). The number of carbonyl (C=O) groups excluding carboxylic acids is 1. The molecule has 1 N–H and O–H groups in total. The summed E-state index contributed by atoms with van der Waals surface area (Å²) in [6, 6.07) is 1.87. The van der Waals surface area contributed by atoms with Gasteiger partial charge in [0.2, 0.25) is 0 Å². The van der Waals surface area contributed by atoms with Gasteiger partial charge in [0.1, 0.15) is 12.4 Å². The number of anilines is 1. The number of aromatic nitrogens is 1. The number of carbonyl (C=O) groups is 1. The molecule has 1 fully saturated rings. The Balaban J connectivity index is 2.28. The Bertz CT molecular complexity index is 650. The Morgan fingerprint density at radius 2 is 1.93 bits per heavy atom. The average molecular weight is 377 g/mol. The largest absolute Gasteiger partial charge is 0.495 e. The van der Waals surface area contributed by atoms with Crippen molar-refractivity contribution in [3.05, 3.63) is 17.8 Å². The summed E-state index contributed by atoms with van der Waals surface area (Å²) in [6.07, 6.45) is 1.73. The van der Waals surface area contributed by atoms with Crippen LogP contribution in [0.4, 0.5) is 5.82 Å².